The monoisotopic (exact) mass is 238 g/mol. The highest BCUT2D eigenvalue weighted by atomic mass is 35.5. The highest BCUT2D eigenvalue weighted by molar-refractivity contribution is 6.31. The molecule has 0 spiro atoms. The normalized spacial score (nSPS) is 10.4. The molecule has 2 rings (SSSR count). The lowest BCUT2D eigenvalue weighted by molar-refractivity contribution is 0.0987. The van der Waals surface area contributed by atoms with E-state index in [2.05, 4.69) is 9.97 Å². The molecule has 0 radical (unpaired) electrons. The number of hydrogen-bond donors (Lipinski definition) is 1. The van der Waals surface area contributed by atoms with Gasteiger partial charge in [0.25, 0.3) is 0 Å². The molecule has 0 bridgehead atoms. The van der Waals surface area contributed by atoms with Crippen LogP contribution >= 0.6 is 11.6 Å². The molecule has 16 heavy (non-hydrogen) atoms. The topological polar surface area (TPSA) is 45.8 Å². The molecule has 1 aromatic heterocycles. The van der Waals surface area contributed by atoms with Crippen molar-refractivity contribution in [1.82, 2.24) is 9.97 Å². The van der Waals surface area contributed by atoms with Crippen molar-refractivity contribution in [2.45, 2.75) is 6.42 Å². The number of H-pyrrole nitrogens is 1. The number of imidazole rings is 1. The van der Waals surface area contributed by atoms with E-state index in [0.29, 0.717) is 5.82 Å². The van der Waals surface area contributed by atoms with Crippen molar-refractivity contribution in [1.29, 1.82) is 0 Å². The van der Waals surface area contributed by atoms with E-state index in [1.54, 1.807) is 12.3 Å². The predicted octanol–water partition coefficient (Wildman–Crippen LogP) is 2.63. The number of hydrogen-bond acceptors (Lipinski definition) is 2. The second-order valence-electron chi connectivity index (χ2n) is 3.24. The molecular formula is C11H8ClFN2O. The Hall–Kier alpha value is -1.68. The number of Topliss-reactive ketones (excluding diaryl/α,β-unsaturated/α-hetero) is 1. The van der Waals surface area contributed by atoms with Gasteiger partial charge < -0.3 is 4.98 Å². The summed E-state index contributed by atoms with van der Waals surface area (Å²) in [5, 5.41) is -0.0507. The standard InChI is InChI=1S/C11H8ClFN2O/c12-8-3-1-2-7(11(8)13)9(16)6-10-14-4-5-15-10/h1-5H,6H2,(H,14,15). The molecule has 0 saturated heterocycles. The quantitative estimate of drug-likeness (QED) is 0.836. The fourth-order valence-corrected chi connectivity index (χ4v) is 1.54. The van der Waals surface area contributed by atoms with Crippen molar-refractivity contribution in [2.75, 3.05) is 0 Å². The lowest BCUT2D eigenvalue weighted by Gasteiger charge is -2.02. The summed E-state index contributed by atoms with van der Waals surface area (Å²) in [6.45, 7) is 0. The van der Waals surface area contributed by atoms with Gasteiger partial charge in [0, 0.05) is 12.4 Å². The molecule has 0 aliphatic rings. The number of benzene rings is 1. The first-order valence-corrected chi connectivity index (χ1v) is 5.01. The maximum Gasteiger partial charge on any atom is 0.173 e. The van der Waals surface area contributed by atoms with Gasteiger partial charge in [-0.3, -0.25) is 4.79 Å². The van der Waals surface area contributed by atoms with E-state index >= 15 is 0 Å². The zero-order valence-corrected chi connectivity index (χ0v) is 8.96. The summed E-state index contributed by atoms with van der Waals surface area (Å²) in [7, 11) is 0. The fraction of sp³-hybridized carbons (Fsp3) is 0.0909. The molecule has 3 nitrogen and oxygen atoms in total. The Morgan fingerprint density at radius 2 is 2.31 bits per heavy atom. The Bertz CT molecular complexity index is 511. The van der Waals surface area contributed by atoms with Crippen LogP contribution < -0.4 is 0 Å². The van der Waals surface area contributed by atoms with Gasteiger partial charge in [-0.1, -0.05) is 17.7 Å². The molecule has 1 aromatic carbocycles. The van der Waals surface area contributed by atoms with E-state index in [0.717, 1.165) is 0 Å². The molecule has 0 fully saturated rings. The average Bonchev–Trinajstić information content (AvgIpc) is 2.74. The van der Waals surface area contributed by atoms with Crippen molar-refractivity contribution in [3.8, 4) is 0 Å². The van der Waals surface area contributed by atoms with Crippen molar-refractivity contribution in [3.05, 3.63) is 52.8 Å². The van der Waals surface area contributed by atoms with Crippen LogP contribution in [0.5, 0.6) is 0 Å². The molecule has 0 aliphatic heterocycles. The molecular weight excluding hydrogens is 231 g/mol. The SMILES string of the molecule is O=C(Cc1ncc[nH]1)c1cccc(Cl)c1F. The minimum absolute atomic E-state index is 0.0103. The Labute approximate surface area is 96.3 Å². The van der Waals surface area contributed by atoms with Crippen LogP contribution in [-0.2, 0) is 6.42 Å². The summed E-state index contributed by atoms with van der Waals surface area (Å²) < 4.78 is 13.5. The third kappa shape index (κ3) is 2.12. The Kier molecular flexibility index (Phi) is 3.01. The van der Waals surface area contributed by atoms with E-state index in [1.165, 1.54) is 18.3 Å². The molecule has 1 heterocycles. The third-order valence-corrected chi connectivity index (χ3v) is 2.43. The molecule has 1 N–H and O–H groups in total. The summed E-state index contributed by atoms with van der Waals surface area (Å²) in [4.78, 5) is 18.4. The maximum absolute atomic E-state index is 13.5. The fourth-order valence-electron chi connectivity index (χ4n) is 1.36. The molecule has 82 valence electrons. The number of halogens is 2. The molecule has 2 aromatic rings. The molecule has 0 atom stereocenters. The van der Waals surface area contributed by atoms with Crippen LogP contribution in [0, 0.1) is 5.82 Å². The minimum Gasteiger partial charge on any atom is -0.348 e. The lowest BCUT2D eigenvalue weighted by atomic mass is 10.1. The van der Waals surface area contributed by atoms with Gasteiger partial charge in [-0.15, -0.1) is 0 Å². The van der Waals surface area contributed by atoms with Crippen LogP contribution in [0.25, 0.3) is 0 Å². The van der Waals surface area contributed by atoms with E-state index < -0.39 is 5.82 Å². The van der Waals surface area contributed by atoms with Gasteiger partial charge in [0.1, 0.15) is 5.82 Å². The second kappa shape index (κ2) is 4.45. The van der Waals surface area contributed by atoms with Gasteiger partial charge in [-0.25, -0.2) is 9.37 Å². The van der Waals surface area contributed by atoms with Crippen LogP contribution in [0.3, 0.4) is 0 Å². The van der Waals surface area contributed by atoms with Crippen molar-refractivity contribution >= 4 is 17.4 Å². The highest BCUT2D eigenvalue weighted by Crippen LogP contribution is 2.18. The largest absolute Gasteiger partial charge is 0.348 e. The number of ketones is 1. The van der Waals surface area contributed by atoms with Crippen LogP contribution in [-0.4, -0.2) is 15.8 Å². The van der Waals surface area contributed by atoms with Gasteiger partial charge in [-0.05, 0) is 12.1 Å². The number of aromatic nitrogens is 2. The zero-order valence-electron chi connectivity index (χ0n) is 8.21. The Balaban J connectivity index is 2.24. The first-order chi connectivity index (χ1) is 7.68. The first kappa shape index (κ1) is 10.8. The second-order valence-corrected chi connectivity index (χ2v) is 3.64. The Morgan fingerprint density at radius 3 is 3.00 bits per heavy atom. The van der Waals surface area contributed by atoms with Crippen molar-refractivity contribution < 1.29 is 9.18 Å². The summed E-state index contributed by atoms with van der Waals surface area (Å²) in [6, 6.07) is 4.35. The first-order valence-electron chi connectivity index (χ1n) is 4.64. The van der Waals surface area contributed by atoms with Gasteiger partial charge in [0.2, 0.25) is 0 Å². The van der Waals surface area contributed by atoms with Gasteiger partial charge in [-0.2, -0.15) is 0 Å². The maximum atomic E-state index is 13.5. The number of aromatic amines is 1. The van der Waals surface area contributed by atoms with E-state index in [9.17, 15) is 9.18 Å². The molecule has 0 unspecified atom stereocenters. The number of nitrogens with one attached hydrogen (secondary N) is 1. The Morgan fingerprint density at radius 1 is 1.50 bits per heavy atom. The smallest absolute Gasteiger partial charge is 0.173 e. The highest BCUT2D eigenvalue weighted by Gasteiger charge is 2.15. The van der Waals surface area contributed by atoms with Gasteiger partial charge in [0.05, 0.1) is 17.0 Å². The van der Waals surface area contributed by atoms with Crippen molar-refractivity contribution in [2.24, 2.45) is 0 Å². The summed E-state index contributed by atoms with van der Waals surface area (Å²) in [6.07, 6.45) is 3.18. The molecule has 0 amide bonds. The summed E-state index contributed by atoms with van der Waals surface area (Å²) in [5.41, 5.74) is -0.0103. The molecule has 0 saturated carbocycles. The summed E-state index contributed by atoms with van der Waals surface area (Å²) >= 11 is 5.59. The number of rotatable bonds is 3. The number of carbonyl (C=O) groups is 1. The van der Waals surface area contributed by atoms with Crippen molar-refractivity contribution in [3.63, 3.8) is 0 Å². The zero-order chi connectivity index (χ0) is 11.5. The summed E-state index contributed by atoms with van der Waals surface area (Å²) in [5.74, 6) is -0.528. The van der Waals surface area contributed by atoms with E-state index in [-0.39, 0.29) is 22.8 Å². The van der Waals surface area contributed by atoms with E-state index in [4.69, 9.17) is 11.6 Å². The number of nitrogens with zero attached hydrogens (tertiary/aromatic N) is 1. The molecule has 5 heteroatoms. The van der Waals surface area contributed by atoms with Crippen LogP contribution in [0.1, 0.15) is 16.2 Å². The lowest BCUT2D eigenvalue weighted by Crippen LogP contribution is -2.07. The number of carbonyl (C=O) groups excluding carboxylic acids is 1. The van der Waals surface area contributed by atoms with Crippen LogP contribution in [0.2, 0.25) is 5.02 Å². The average molecular weight is 239 g/mol. The predicted molar refractivity (Wildman–Crippen MR) is 58.0 cm³/mol. The van der Waals surface area contributed by atoms with E-state index in [1.807, 2.05) is 0 Å². The van der Waals surface area contributed by atoms with Crippen LogP contribution in [0.4, 0.5) is 4.39 Å². The molecule has 0 aliphatic carbocycles. The minimum atomic E-state index is -0.680. The van der Waals surface area contributed by atoms with Gasteiger partial charge in [0.15, 0.2) is 11.6 Å². The van der Waals surface area contributed by atoms with Gasteiger partial charge >= 0.3 is 0 Å². The van der Waals surface area contributed by atoms with Crippen LogP contribution in [0.15, 0.2) is 30.6 Å². The third-order valence-electron chi connectivity index (χ3n) is 2.13.